The second kappa shape index (κ2) is 11.1. The van der Waals surface area contributed by atoms with Crippen LogP contribution in [0.25, 0.3) is 0 Å². The fourth-order valence-corrected chi connectivity index (χ4v) is 4.00. The average molecular weight is 375 g/mol. The lowest BCUT2D eigenvalue weighted by atomic mass is 9.79. The Labute approximate surface area is 163 Å². The van der Waals surface area contributed by atoms with Gasteiger partial charge in [0.25, 0.3) is 0 Å². The number of carbonyl (C=O) groups excluding carboxylic acids is 2. The molecule has 1 aliphatic carbocycles. The highest BCUT2D eigenvalue weighted by molar-refractivity contribution is 5.80. The van der Waals surface area contributed by atoms with Crippen molar-refractivity contribution < 1.29 is 14.3 Å². The van der Waals surface area contributed by atoms with E-state index in [1.54, 1.807) is 12.4 Å². The SMILES string of the molecule is CCCCC1CCC(C(=O)N(Cc2cccnc2)CC(C)C(=O)OC)CC1. The molecule has 27 heavy (non-hydrogen) atoms. The van der Waals surface area contributed by atoms with Crippen molar-refractivity contribution in [3.05, 3.63) is 30.1 Å². The molecule has 0 spiro atoms. The third-order valence-electron chi connectivity index (χ3n) is 5.67. The first-order valence-corrected chi connectivity index (χ1v) is 10.3. The van der Waals surface area contributed by atoms with Gasteiger partial charge in [0.2, 0.25) is 5.91 Å². The van der Waals surface area contributed by atoms with E-state index in [0.717, 1.165) is 37.2 Å². The summed E-state index contributed by atoms with van der Waals surface area (Å²) in [5.74, 6) is 0.404. The number of nitrogens with zero attached hydrogens (tertiary/aromatic N) is 2. The summed E-state index contributed by atoms with van der Waals surface area (Å²) in [7, 11) is 1.39. The van der Waals surface area contributed by atoms with Gasteiger partial charge in [-0.2, -0.15) is 0 Å². The molecule has 0 aliphatic heterocycles. The maximum absolute atomic E-state index is 13.2. The Hall–Kier alpha value is -1.91. The number of hydrogen-bond acceptors (Lipinski definition) is 4. The number of esters is 1. The molecule has 1 heterocycles. The molecule has 1 fully saturated rings. The van der Waals surface area contributed by atoms with Crippen molar-refractivity contribution in [1.82, 2.24) is 9.88 Å². The Kier molecular flexibility index (Phi) is 8.76. The minimum atomic E-state index is -0.337. The van der Waals surface area contributed by atoms with Crippen LogP contribution >= 0.6 is 0 Å². The van der Waals surface area contributed by atoms with E-state index in [1.165, 1.54) is 26.4 Å². The lowest BCUT2D eigenvalue weighted by Crippen LogP contribution is -2.41. The first-order chi connectivity index (χ1) is 13.0. The van der Waals surface area contributed by atoms with E-state index < -0.39 is 0 Å². The molecule has 0 saturated heterocycles. The number of aromatic nitrogens is 1. The Bertz CT molecular complexity index is 582. The largest absolute Gasteiger partial charge is 0.469 e. The minimum Gasteiger partial charge on any atom is -0.469 e. The van der Waals surface area contributed by atoms with Gasteiger partial charge in [0.1, 0.15) is 0 Å². The van der Waals surface area contributed by atoms with Crippen LogP contribution in [0, 0.1) is 17.8 Å². The molecule has 1 aromatic rings. The lowest BCUT2D eigenvalue weighted by molar-refractivity contribution is -0.147. The monoisotopic (exact) mass is 374 g/mol. The molecule has 5 heteroatoms. The Balaban J connectivity index is 2.01. The van der Waals surface area contributed by atoms with Crippen molar-refractivity contribution in [3.63, 3.8) is 0 Å². The summed E-state index contributed by atoms with van der Waals surface area (Å²) in [6.45, 7) is 4.92. The Morgan fingerprint density at radius 2 is 2.04 bits per heavy atom. The van der Waals surface area contributed by atoms with Crippen molar-refractivity contribution in [2.45, 2.75) is 65.3 Å². The van der Waals surface area contributed by atoms with Gasteiger partial charge in [0.05, 0.1) is 13.0 Å². The van der Waals surface area contributed by atoms with Crippen molar-refractivity contribution in [1.29, 1.82) is 0 Å². The average Bonchev–Trinajstić information content (AvgIpc) is 2.71. The van der Waals surface area contributed by atoms with Gasteiger partial charge in [-0.1, -0.05) is 39.2 Å². The molecule has 2 rings (SSSR count). The van der Waals surface area contributed by atoms with Crippen LogP contribution in [0.3, 0.4) is 0 Å². The second-order valence-electron chi connectivity index (χ2n) is 7.86. The zero-order chi connectivity index (χ0) is 19.6. The van der Waals surface area contributed by atoms with Gasteiger partial charge in [-0.25, -0.2) is 0 Å². The third kappa shape index (κ3) is 6.64. The highest BCUT2D eigenvalue weighted by atomic mass is 16.5. The summed E-state index contributed by atoms with van der Waals surface area (Å²) in [6, 6.07) is 3.85. The van der Waals surface area contributed by atoms with Crippen molar-refractivity contribution in [3.8, 4) is 0 Å². The number of methoxy groups -OCH3 is 1. The normalized spacial score (nSPS) is 20.7. The van der Waals surface area contributed by atoms with E-state index in [1.807, 2.05) is 24.0 Å². The van der Waals surface area contributed by atoms with Crippen molar-refractivity contribution in [2.75, 3.05) is 13.7 Å². The third-order valence-corrected chi connectivity index (χ3v) is 5.67. The van der Waals surface area contributed by atoms with Crippen LogP contribution in [0.5, 0.6) is 0 Å². The quantitative estimate of drug-likeness (QED) is 0.607. The van der Waals surface area contributed by atoms with E-state index in [9.17, 15) is 9.59 Å². The number of hydrogen-bond donors (Lipinski definition) is 0. The molecule has 1 atom stereocenters. The first-order valence-electron chi connectivity index (χ1n) is 10.3. The van der Waals surface area contributed by atoms with Crippen molar-refractivity contribution in [2.24, 2.45) is 17.8 Å². The molecule has 1 aliphatic rings. The maximum Gasteiger partial charge on any atom is 0.310 e. The van der Waals surface area contributed by atoms with Crippen LogP contribution < -0.4 is 0 Å². The Morgan fingerprint density at radius 3 is 2.63 bits per heavy atom. The van der Waals surface area contributed by atoms with E-state index in [4.69, 9.17) is 4.74 Å². The lowest BCUT2D eigenvalue weighted by Gasteiger charge is -2.33. The van der Waals surface area contributed by atoms with Crippen LogP contribution in [0.4, 0.5) is 0 Å². The highest BCUT2D eigenvalue weighted by Gasteiger charge is 2.31. The molecule has 1 amide bonds. The molecule has 1 aromatic heterocycles. The zero-order valence-electron chi connectivity index (χ0n) is 17.0. The van der Waals surface area contributed by atoms with Crippen molar-refractivity contribution >= 4 is 11.9 Å². The molecular weight excluding hydrogens is 340 g/mol. The Morgan fingerprint density at radius 1 is 1.30 bits per heavy atom. The van der Waals surface area contributed by atoms with Gasteiger partial charge >= 0.3 is 5.97 Å². The maximum atomic E-state index is 13.2. The molecule has 0 radical (unpaired) electrons. The van der Waals surface area contributed by atoms with E-state index in [0.29, 0.717) is 13.1 Å². The predicted octanol–water partition coefficient (Wildman–Crippen LogP) is 4.22. The summed E-state index contributed by atoms with van der Waals surface area (Å²) >= 11 is 0. The van der Waals surface area contributed by atoms with Gasteiger partial charge in [0, 0.05) is 31.4 Å². The molecule has 5 nitrogen and oxygen atoms in total. The molecule has 150 valence electrons. The van der Waals surface area contributed by atoms with Crippen LogP contribution in [-0.4, -0.2) is 35.4 Å². The van der Waals surface area contributed by atoms with Gasteiger partial charge < -0.3 is 9.64 Å². The van der Waals surface area contributed by atoms with Gasteiger partial charge in [-0.15, -0.1) is 0 Å². The summed E-state index contributed by atoms with van der Waals surface area (Å²) in [5, 5.41) is 0. The highest BCUT2D eigenvalue weighted by Crippen LogP contribution is 2.33. The van der Waals surface area contributed by atoms with Crippen LogP contribution in [-0.2, 0) is 20.9 Å². The van der Waals surface area contributed by atoms with Gasteiger partial charge in [-0.3, -0.25) is 14.6 Å². The number of carbonyl (C=O) groups is 2. The number of amides is 1. The minimum absolute atomic E-state index is 0.0735. The molecule has 1 saturated carbocycles. The van der Waals surface area contributed by atoms with Crippen LogP contribution in [0.1, 0.15) is 64.4 Å². The summed E-state index contributed by atoms with van der Waals surface area (Å²) in [6.07, 6.45) is 11.5. The second-order valence-corrected chi connectivity index (χ2v) is 7.86. The predicted molar refractivity (Wildman–Crippen MR) is 106 cm³/mol. The number of unbranched alkanes of at least 4 members (excludes halogenated alkanes) is 1. The van der Waals surface area contributed by atoms with Gasteiger partial charge in [-0.05, 0) is 43.2 Å². The standard InChI is InChI=1S/C22H34N2O3/c1-4-5-7-18-9-11-20(12-10-18)21(25)24(15-17(2)22(26)27-3)16-19-8-6-13-23-14-19/h6,8,13-14,17-18,20H,4-5,7,9-12,15-16H2,1-3H3. The van der Waals surface area contributed by atoms with Crippen LogP contribution in [0.2, 0.25) is 0 Å². The fourth-order valence-electron chi connectivity index (χ4n) is 4.00. The molecular formula is C22H34N2O3. The number of ether oxygens (including phenoxy) is 1. The van der Waals surface area contributed by atoms with E-state index in [2.05, 4.69) is 11.9 Å². The molecule has 1 unspecified atom stereocenters. The first kappa shape index (κ1) is 21.4. The number of rotatable bonds is 9. The van der Waals surface area contributed by atoms with Crippen LogP contribution in [0.15, 0.2) is 24.5 Å². The van der Waals surface area contributed by atoms with E-state index >= 15 is 0 Å². The fraction of sp³-hybridized carbons (Fsp3) is 0.682. The number of pyridine rings is 1. The van der Waals surface area contributed by atoms with E-state index in [-0.39, 0.29) is 23.7 Å². The van der Waals surface area contributed by atoms with Gasteiger partial charge in [0.15, 0.2) is 0 Å². The molecule has 0 bridgehead atoms. The summed E-state index contributed by atoms with van der Waals surface area (Å²) in [4.78, 5) is 31.1. The summed E-state index contributed by atoms with van der Waals surface area (Å²) in [5.41, 5.74) is 0.986. The summed E-state index contributed by atoms with van der Waals surface area (Å²) < 4.78 is 4.85. The molecule has 0 aromatic carbocycles. The molecule has 0 N–H and O–H groups in total. The topological polar surface area (TPSA) is 59.5 Å². The zero-order valence-corrected chi connectivity index (χ0v) is 17.0. The smallest absolute Gasteiger partial charge is 0.310 e.